The number of aliphatic hydroxyl groups excluding tert-OH is 1. The summed E-state index contributed by atoms with van der Waals surface area (Å²) < 4.78 is 10.8. The molecule has 0 radical (unpaired) electrons. The van der Waals surface area contributed by atoms with Crippen LogP contribution >= 0.6 is 0 Å². The molecule has 0 aromatic heterocycles. The highest BCUT2D eigenvalue weighted by Gasteiger charge is 2.58. The van der Waals surface area contributed by atoms with E-state index in [-0.39, 0.29) is 12.7 Å². The summed E-state index contributed by atoms with van der Waals surface area (Å²) >= 11 is 0. The molecule has 132 valence electrons. The number of nitrogens with zero attached hydrogens (tertiary/aromatic N) is 3. The summed E-state index contributed by atoms with van der Waals surface area (Å²) in [5.74, 6) is 1.21. The van der Waals surface area contributed by atoms with Crippen molar-refractivity contribution in [3.05, 3.63) is 23.8 Å². The van der Waals surface area contributed by atoms with Gasteiger partial charge < -0.3 is 19.5 Å². The number of amides is 1. The van der Waals surface area contributed by atoms with E-state index in [1.165, 1.54) is 0 Å². The van der Waals surface area contributed by atoms with E-state index in [0.29, 0.717) is 17.9 Å². The predicted molar refractivity (Wildman–Crippen MR) is 87.5 cm³/mol. The van der Waals surface area contributed by atoms with Gasteiger partial charge in [0.2, 0.25) is 12.7 Å². The Kier molecular flexibility index (Phi) is 3.46. The van der Waals surface area contributed by atoms with E-state index >= 15 is 0 Å². The summed E-state index contributed by atoms with van der Waals surface area (Å²) in [5, 5.41) is 20.5. The molecule has 4 unspecified atom stereocenters. The molecule has 7 heteroatoms. The third-order valence-corrected chi connectivity index (χ3v) is 5.82. The Bertz CT molecular complexity index is 776. The van der Waals surface area contributed by atoms with Gasteiger partial charge in [-0.25, -0.2) is 0 Å². The molecule has 1 N–H and O–H groups in total. The van der Waals surface area contributed by atoms with Crippen molar-refractivity contribution < 1.29 is 19.4 Å². The number of piperazine rings is 1. The molecule has 3 aliphatic rings. The number of aliphatic hydroxyl groups is 1. The molecule has 0 spiro atoms. The van der Waals surface area contributed by atoms with Crippen molar-refractivity contribution in [3.8, 4) is 17.6 Å². The van der Waals surface area contributed by atoms with Gasteiger partial charge in [-0.2, -0.15) is 5.26 Å². The maximum atomic E-state index is 13.0. The highest BCUT2D eigenvalue weighted by Crippen LogP contribution is 2.53. The molecule has 0 bridgehead atoms. The Hall–Kier alpha value is -2.30. The Labute approximate surface area is 146 Å². The molecule has 1 aromatic carbocycles. The van der Waals surface area contributed by atoms with Gasteiger partial charge in [-0.3, -0.25) is 9.69 Å². The minimum absolute atomic E-state index is 0.0700. The standard InChI is InChI=1S/C18H21N3O4/c1-10-16(22)21-12(17(23)20(10)3)7-18(2,8-19)15(21)11-4-5-13-14(6-11)25-9-24-13/h4-6,10,12,15,17,23H,7,9H2,1-3H3/t10?,12?,15?,17?,18-/m1/s1. The second-order valence-corrected chi connectivity index (χ2v) is 7.32. The van der Waals surface area contributed by atoms with E-state index in [1.807, 2.05) is 25.1 Å². The molecule has 2 fully saturated rings. The van der Waals surface area contributed by atoms with E-state index in [4.69, 9.17) is 9.47 Å². The second-order valence-electron chi connectivity index (χ2n) is 7.32. The van der Waals surface area contributed by atoms with Crippen LogP contribution in [0.25, 0.3) is 0 Å². The summed E-state index contributed by atoms with van der Waals surface area (Å²) in [4.78, 5) is 16.4. The van der Waals surface area contributed by atoms with Gasteiger partial charge in [-0.05, 0) is 45.0 Å². The van der Waals surface area contributed by atoms with Crippen LogP contribution in [-0.4, -0.2) is 53.0 Å². The van der Waals surface area contributed by atoms with Crippen molar-refractivity contribution in [2.45, 2.75) is 44.6 Å². The molecule has 2 saturated heterocycles. The van der Waals surface area contributed by atoms with Crippen LogP contribution in [0.4, 0.5) is 0 Å². The maximum absolute atomic E-state index is 13.0. The molecule has 0 saturated carbocycles. The van der Waals surface area contributed by atoms with Crippen LogP contribution in [-0.2, 0) is 4.79 Å². The summed E-state index contributed by atoms with van der Waals surface area (Å²) in [6, 6.07) is 6.63. The Morgan fingerprint density at radius 3 is 2.80 bits per heavy atom. The van der Waals surface area contributed by atoms with Crippen LogP contribution in [0.15, 0.2) is 18.2 Å². The predicted octanol–water partition coefficient (Wildman–Crippen LogP) is 1.24. The molecule has 25 heavy (non-hydrogen) atoms. The quantitative estimate of drug-likeness (QED) is 0.826. The highest BCUT2D eigenvalue weighted by molar-refractivity contribution is 5.84. The number of ether oxygens (including phenoxy) is 2. The van der Waals surface area contributed by atoms with Gasteiger partial charge in [-0.1, -0.05) is 6.07 Å². The van der Waals surface area contributed by atoms with Crippen LogP contribution in [0, 0.1) is 16.7 Å². The number of hydrogen-bond donors (Lipinski definition) is 1. The fraction of sp³-hybridized carbons (Fsp3) is 0.556. The number of hydrogen-bond acceptors (Lipinski definition) is 6. The number of fused-ring (bicyclic) bond motifs is 2. The summed E-state index contributed by atoms with van der Waals surface area (Å²) in [6.07, 6.45) is -0.369. The first kappa shape index (κ1) is 16.2. The van der Waals surface area contributed by atoms with E-state index in [9.17, 15) is 15.2 Å². The average molecular weight is 343 g/mol. The Balaban J connectivity index is 1.81. The van der Waals surface area contributed by atoms with Gasteiger partial charge in [0.1, 0.15) is 6.23 Å². The molecule has 5 atom stereocenters. The van der Waals surface area contributed by atoms with Crippen LogP contribution in [0.5, 0.6) is 11.5 Å². The molecule has 1 aromatic rings. The van der Waals surface area contributed by atoms with Crippen molar-refractivity contribution in [2.75, 3.05) is 13.8 Å². The Morgan fingerprint density at radius 1 is 1.36 bits per heavy atom. The summed E-state index contributed by atoms with van der Waals surface area (Å²) in [7, 11) is 1.74. The van der Waals surface area contributed by atoms with Crippen molar-refractivity contribution in [3.63, 3.8) is 0 Å². The number of carbonyl (C=O) groups excluding carboxylic acids is 1. The van der Waals surface area contributed by atoms with Crippen molar-refractivity contribution in [1.29, 1.82) is 5.26 Å². The van der Waals surface area contributed by atoms with E-state index in [1.54, 1.807) is 23.8 Å². The lowest BCUT2D eigenvalue weighted by atomic mass is 9.79. The molecular weight excluding hydrogens is 322 g/mol. The van der Waals surface area contributed by atoms with E-state index in [2.05, 4.69) is 6.07 Å². The smallest absolute Gasteiger partial charge is 0.240 e. The molecule has 3 heterocycles. The minimum Gasteiger partial charge on any atom is -0.454 e. The largest absolute Gasteiger partial charge is 0.454 e. The van der Waals surface area contributed by atoms with Gasteiger partial charge in [0.15, 0.2) is 11.5 Å². The zero-order valence-electron chi connectivity index (χ0n) is 14.5. The van der Waals surface area contributed by atoms with E-state index in [0.717, 1.165) is 5.56 Å². The van der Waals surface area contributed by atoms with Crippen molar-refractivity contribution in [2.24, 2.45) is 5.41 Å². The molecule has 1 amide bonds. The van der Waals surface area contributed by atoms with E-state index < -0.39 is 29.8 Å². The SMILES string of the molecule is CC1C(=O)N2C(C[C@](C)(C#N)C2c2ccc3c(c2)OCO3)C(O)N1C. The van der Waals surface area contributed by atoms with Gasteiger partial charge in [-0.15, -0.1) is 0 Å². The van der Waals surface area contributed by atoms with Crippen LogP contribution in [0.3, 0.4) is 0 Å². The van der Waals surface area contributed by atoms with Crippen LogP contribution in [0.1, 0.15) is 31.9 Å². The van der Waals surface area contributed by atoms with Crippen LogP contribution in [0.2, 0.25) is 0 Å². The van der Waals surface area contributed by atoms with Crippen LogP contribution < -0.4 is 9.47 Å². The van der Waals surface area contributed by atoms with Gasteiger partial charge in [0.05, 0.1) is 29.6 Å². The topological polar surface area (TPSA) is 86.0 Å². The highest BCUT2D eigenvalue weighted by atomic mass is 16.7. The monoisotopic (exact) mass is 343 g/mol. The number of likely N-dealkylation sites (N-methyl/N-ethyl adjacent to an activating group) is 1. The lowest BCUT2D eigenvalue weighted by molar-refractivity contribution is -0.163. The summed E-state index contributed by atoms with van der Waals surface area (Å²) in [5.41, 5.74) is 0.0352. The third-order valence-electron chi connectivity index (χ3n) is 5.82. The fourth-order valence-electron chi connectivity index (χ4n) is 4.29. The third kappa shape index (κ3) is 2.14. The molecular formula is C18H21N3O4. The van der Waals surface area contributed by atoms with Crippen molar-refractivity contribution >= 4 is 5.91 Å². The number of rotatable bonds is 1. The zero-order chi connectivity index (χ0) is 17.9. The summed E-state index contributed by atoms with van der Waals surface area (Å²) in [6.45, 7) is 3.80. The van der Waals surface area contributed by atoms with Gasteiger partial charge in [0, 0.05) is 0 Å². The number of nitriles is 1. The molecule has 7 nitrogen and oxygen atoms in total. The normalized spacial score (nSPS) is 37.1. The molecule has 3 aliphatic heterocycles. The lowest BCUT2D eigenvalue weighted by Gasteiger charge is -2.45. The number of carbonyl (C=O) groups is 1. The number of benzene rings is 1. The van der Waals surface area contributed by atoms with Crippen molar-refractivity contribution in [1.82, 2.24) is 9.80 Å². The molecule has 4 rings (SSSR count). The van der Waals surface area contributed by atoms with Gasteiger partial charge >= 0.3 is 0 Å². The Morgan fingerprint density at radius 2 is 2.08 bits per heavy atom. The second kappa shape index (κ2) is 5.35. The molecule has 0 aliphatic carbocycles. The average Bonchev–Trinajstić information content (AvgIpc) is 3.20. The zero-order valence-corrected chi connectivity index (χ0v) is 14.5. The lowest BCUT2D eigenvalue weighted by Crippen LogP contribution is -2.63. The van der Waals surface area contributed by atoms with Gasteiger partial charge in [0.25, 0.3) is 0 Å². The first-order valence-corrected chi connectivity index (χ1v) is 8.40. The maximum Gasteiger partial charge on any atom is 0.240 e. The minimum atomic E-state index is -0.792. The first-order valence-electron chi connectivity index (χ1n) is 8.40. The fourth-order valence-corrected chi connectivity index (χ4v) is 4.29. The first-order chi connectivity index (χ1) is 11.9.